The third-order valence-corrected chi connectivity index (χ3v) is 3.51. The molecule has 2 rings (SSSR count). The summed E-state index contributed by atoms with van der Waals surface area (Å²) in [7, 11) is 1.68. The van der Waals surface area contributed by atoms with Gasteiger partial charge in [-0.1, -0.05) is 35.1 Å². The molecule has 1 heterocycles. The van der Waals surface area contributed by atoms with E-state index in [1.54, 1.807) is 18.4 Å². The van der Waals surface area contributed by atoms with E-state index in [4.69, 9.17) is 16.3 Å². The van der Waals surface area contributed by atoms with Crippen molar-refractivity contribution in [1.82, 2.24) is 15.5 Å². The molecule has 0 aliphatic rings. The van der Waals surface area contributed by atoms with Crippen LogP contribution in [0.2, 0.25) is 5.02 Å². The lowest BCUT2D eigenvalue weighted by Crippen LogP contribution is -2.18. The Balaban J connectivity index is 1.97. The van der Waals surface area contributed by atoms with Gasteiger partial charge in [0.15, 0.2) is 0 Å². The summed E-state index contributed by atoms with van der Waals surface area (Å²) in [6.45, 7) is 2.21. The SMILES string of the molecule is COCCNCc1nnc(-c2cccc(Cl)c2)s1. The van der Waals surface area contributed by atoms with E-state index in [1.807, 2.05) is 24.3 Å². The van der Waals surface area contributed by atoms with Gasteiger partial charge in [0, 0.05) is 30.8 Å². The Morgan fingerprint density at radius 3 is 3.06 bits per heavy atom. The van der Waals surface area contributed by atoms with Gasteiger partial charge in [0.05, 0.1) is 6.61 Å². The van der Waals surface area contributed by atoms with Crippen molar-refractivity contribution in [2.24, 2.45) is 0 Å². The number of methoxy groups -OCH3 is 1. The van der Waals surface area contributed by atoms with Crippen LogP contribution in [0.1, 0.15) is 5.01 Å². The van der Waals surface area contributed by atoms with Gasteiger partial charge in [-0.25, -0.2) is 0 Å². The quantitative estimate of drug-likeness (QED) is 0.828. The summed E-state index contributed by atoms with van der Waals surface area (Å²) < 4.78 is 4.96. The zero-order valence-corrected chi connectivity index (χ0v) is 11.6. The zero-order valence-electron chi connectivity index (χ0n) is 10.0. The molecule has 4 nitrogen and oxygen atoms in total. The molecule has 0 unspecified atom stereocenters. The molecule has 0 atom stereocenters. The van der Waals surface area contributed by atoms with Gasteiger partial charge >= 0.3 is 0 Å². The third-order valence-electron chi connectivity index (χ3n) is 2.30. The highest BCUT2D eigenvalue weighted by atomic mass is 35.5. The standard InChI is InChI=1S/C12H14ClN3OS/c1-17-6-5-14-8-11-15-16-12(18-11)9-3-2-4-10(13)7-9/h2-4,7,14H,5-6,8H2,1H3. The minimum atomic E-state index is 0.694. The summed E-state index contributed by atoms with van der Waals surface area (Å²) in [5.74, 6) is 0. The van der Waals surface area contributed by atoms with Crippen molar-refractivity contribution in [3.05, 3.63) is 34.3 Å². The van der Waals surface area contributed by atoms with Gasteiger partial charge < -0.3 is 10.1 Å². The van der Waals surface area contributed by atoms with Gasteiger partial charge in [0.25, 0.3) is 0 Å². The maximum absolute atomic E-state index is 5.95. The van der Waals surface area contributed by atoms with Crippen LogP contribution in [0.25, 0.3) is 10.6 Å². The summed E-state index contributed by atoms with van der Waals surface area (Å²) in [6, 6.07) is 7.63. The second kappa shape index (κ2) is 6.80. The van der Waals surface area contributed by atoms with E-state index in [1.165, 1.54) is 0 Å². The molecular formula is C12H14ClN3OS. The van der Waals surface area contributed by atoms with E-state index in [0.29, 0.717) is 18.2 Å². The molecule has 96 valence electrons. The number of halogens is 1. The normalized spacial score (nSPS) is 10.8. The molecule has 1 aromatic carbocycles. The molecule has 18 heavy (non-hydrogen) atoms. The fourth-order valence-corrected chi connectivity index (χ4v) is 2.43. The Morgan fingerprint density at radius 2 is 2.28 bits per heavy atom. The zero-order chi connectivity index (χ0) is 12.8. The summed E-state index contributed by atoms with van der Waals surface area (Å²) in [5.41, 5.74) is 1.00. The Kier molecular flexibility index (Phi) is 5.07. The van der Waals surface area contributed by atoms with Crippen molar-refractivity contribution in [3.8, 4) is 10.6 Å². The number of hydrogen-bond acceptors (Lipinski definition) is 5. The fourth-order valence-electron chi connectivity index (χ4n) is 1.43. The Morgan fingerprint density at radius 1 is 1.39 bits per heavy atom. The van der Waals surface area contributed by atoms with Crippen molar-refractivity contribution in [3.63, 3.8) is 0 Å². The van der Waals surface area contributed by atoms with Gasteiger partial charge in [-0.3, -0.25) is 0 Å². The predicted molar refractivity (Wildman–Crippen MR) is 73.9 cm³/mol. The average molecular weight is 284 g/mol. The lowest BCUT2D eigenvalue weighted by molar-refractivity contribution is 0.199. The Bertz CT molecular complexity index is 504. The first-order valence-corrected chi connectivity index (χ1v) is 6.77. The fraction of sp³-hybridized carbons (Fsp3) is 0.333. The molecule has 0 amide bonds. The lowest BCUT2D eigenvalue weighted by Gasteiger charge is -1.99. The van der Waals surface area contributed by atoms with Crippen molar-refractivity contribution < 1.29 is 4.74 Å². The number of benzene rings is 1. The third kappa shape index (κ3) is 3.74. The highest BCUT2D eigenvalue weighted by Crippen LogP contribution is 2.25. The molecule has 1 N–H and O–H groups in total. The molecule has 0 bridgehead atoms. The van der Waals surface area contributed by atoms with Gasteiger partial charge in [0.2, 0.25) is 0 Å². The second-order valence-electron chi connectivity index (χ2n) is 3.68. The van der Waals surface area contributed by atoms with E-state index >= 15 is 0 Å². The number of rotatable bonds is 6. The smallest absolute Gasteiger partial charge is 0.147 e. The van der Waals surface area contributed by atoms with E-state index in [2.05, 4.69) is 15.5 Å². The monoisotopic (exact) mass is 283 g/mol. The van der Waals surface area contributed by atoms with Gasteiger partial charge in [-0.05, 0) is 12.1 Å². The van der Waals surface area contributed by atoms with Crippen molar-refractivity contribution in [2.45, 2.75) is 6.54 Å². The van der Waals surface area contributed by atoms with Crippen LogP contribution in [0.5, 0.6) is 0 Å². The molecule has 1 aromatic heterocycles. The second-order valence-corrected chi connectivity index (χ2v) is 5.18. The molecular weight excluding hydrogens is 270 g/mol. The molecule has 6 heteroatoms. The highest BCUT2D eigenvalue weighted by molar-refractivity contribution is 7.14. The first-order valence-electron chi connectivity index (χ1n) is 5.57. The summed E-state index contributed by atoms with van der Waals surface area (Å²) in [4.78, 5) is 0. The van der Waals surface area contributed by atoms with Crippen molar-refractivity contribution in [2.75, 3.05) is 20.3 Å². The van der Waals surface area contributed by atoms with Crippen LogP contribution in [0.3, 0.4) is 0 Å². The van der Waals surface area contributed by atoms with Gasteiger partial charge in [0.1, 0.15) is 10.0 Å². The molecule has 2 aromatic rings. The van der Waals surface area contributed by atoms with E-state index in [-0.39, 0.29) is 0 Å². The van der Waals surface area contributed by atoms with E-state index in [9.17, 15) is 0 Å². The molecule has 0 aliphatic heterocycles. The number of aromatic nitrogens is 2. The van der Waals surface area contributed by atoms with Crippen LogP contribution in [0.15, 0.2) is 24.3 Å². The number of nitrogens with zero attached hydrogens (tertiary/aromatic N) is 2. The minimum Gasteiger partial charge on any atom is -0.383 e. The highest BCUT2D eigenvalue weighted by Gasteiger charge is 2.06. The molecule has 0 aliphatic carbocycles. The molecule has 0 saturated heterocycles. The maximum Gasteiger partial charge on any atom is 0.147 e. The molecule has 0 radical (unpaired) electrons. The van der Waals surface area contributed by atoms with Crippen molar-refractivity contribution in [1.29, 1.82) is 0 Å². The van der Waals surface area contributed by atoms with Crippen molar-refractivity contribution >= 4 is 22.9 Å². The van der Waals surface area contributed by atoms with Crippen LogP contribution in [0.4, 0.5) is 0 Å². The summed E-state index contributed by atoms with van der Waals surface area (Å²) in [5, 5.41) is 14.1. The molecule has 0 spiro atoms. The minimum absolute atomic E-state index is 0.694. The molecule has 0 fully saturated rings. The summed E-state index contributed by atoms with van der Waals surface area (Å²) >= 11 is 7.52. The number of ether oxygens (including phenoxy) is 1. The largest absolute Gasteiger partial charge is 0.383 e. The van der Waals surface area contributed by atoms with Crippen LogP contribution in [0, 0.1) is 0 Å². The van der Waals surface area contributed by atoms with Gasteiger partial charge in [-0.15, -0.1) is 10.2 Å². The predicted octanol–water partition coefficient (Wildman–Crippen LogP) is 2.59. The topological polar surface area (TPSA) is 47.0 Å². The number of nitrogens with one attached hydrogen (secondary N) is 1. The van der Waals surface area contributed by atoms with Crippen LogP contribution in [-0.4, -0.2) is 30.5 Å². The Labute approximate surface area is 115 Å². The van der Waals surface area contributed by atoms with Crippen LogP contribution in [-0.2, 0) is 11.3 Å². The molecule has 0 saturated carbocycles. The van der Waals surface area contributed by atoms with E-state index < -0.39 is 0 Å². The average Bonchev–Trinajstić information content (AvgIpc) is 2.83. The van der Waals surface area contributed by atoms with Gasteiger partial charge in [-0.2, -0.15) is 0 Å². The first kappa shape index (κ1) is 13.4. The lowest BCUT2D eigenvalue weighted by atomic mass is 10.2. The maximum atomic E-state index is 5.95. The summed E-state index contributed by atoms with van der Waals surface area (Å²) in [6.07, 6.45) is 0. The number of hydrogen-bond donors (Lipinski definition) is 1. The van der Waals surface area contributed by atoms with E-state index in [0.717, 1.165) is 22.1 Å². The Hall–Kier alpha value is -1.01. The first-order chi connectivity index (χ1) is 8.79. The van der Waals surface area contributed by atoms with Crippen LogP contribution >= 0.6 is 22.9 Å². The van der Waals surface area contributed by atoms with Crippen LogP contribution < -0.4 is 5.32 Å².